The summed E-state index contributed by atoms with van der Waals surface area (Å²) in [4.78, 5) is 22.5. The zero-order chi connectivity index (χ0) is 20.8. The van der Waals surface area contributed by atoms with Crippen LogP contribution in [0.3, 0.4) is 0 Å². The Labute approximate surface area is 169 Å². The molecule has 1 rings (SSSR count). The van der Waals surface area contributed by atoms with Gasteiger partial charge in [0.1, 0.15) is 5.75 Å². The SMILES string of the molecule is O=C(O)CCCCCCC(=O)Nc1ccccc1OCCCCSS(=O)(=O)O. The lowest BCUT2D eigenvalue weighted by Crippen LogP contribution is -2.12. The predicted molar refractivity (Wildman–Crippen MR) is 109 cm³/mol. The molecule has 1 aromatic carbocycles. The number of carbonyl (C=O) groups excluding carboxylic acids is 1. The van der Waals surface area contributed by atoms with E-state index in [2.05, 4.69) is 5.32 Å². The Kier molecular flexibility index (Phi) is 11.6. The van der Waals surface area contributed by atoms with Crippen molar-refractivity contribution in [2.45, 2.75) is 51.4 Å². The number of hydrogen-bond acceptors (Lipinski definition) is 6. The Morgan fingerprint density at radius 3 is 2.36 bits per heavy atom. The van der Waals surface area contributed by atoms with Gasteiger partial charge >= 0.3 is 15.1 Å². The molecule has 1 aromatic rings. The van der Waals surface area contributed by atoms with Gasteiger partial charge in [0, 0.05) is 18.6 Å². The van der Waals surface area contributed by atoms with E-state index in [9.17, 15) is 18.0 Å². The monoisotopic (exact) mass is 433 g/mol. The number of carboxylic acids is 1. The minimum atomic E-state index is -4.00. The Morgan fingerprint density at radius 2 is 1.68 bits per heavy atom. The molecule has 1 amide bonds. The van der Waals surface area contributed by atoms with Crippen LogP contribution in [0.5, 0.6) is 5.75 Å². The third kappa shape index (κ3) is 12.6. The minimum Gasteiger partial charge on any atom is -0.491 e. The average molecular weight is 434 g/mol. The number of aliphatic carboxylic acids is 1. The highest BCUT2D eigenvalue weighted by Gasteiger charge is 2.08. The molecule has 0 aromatic heterocycles. The second kappa shape index (κ2) is 13.4. The molecule has 28 heavy (non-hydrogen) atoms. The number of unbranched alkanes of at least 4 members (excludes halogenated alkanes) is 4. The van der Waals surface area contributed by atoms with Crippen LogP contribution in [0.2, 0.25) is 0 Å². The van der Waals surface area contributed by atoms with Crippen LogP contribution in [0.25, 0.3) is 0 Å². The largest absolute Gasteiger partial charge is 0.491 e. The van der Waals surface area contributed by atoms with Crippen LogP contribution >= 0.6 is 10.8 Å². The van der Waals surface area contributed by atoms with Gasteiger partial charge in [-0.1, -0.05) is 25.0 Å². The zero-order valence-corrected chi connectivity index (χ0v) is 17.3. The van der Waals surface area contributed by atoms with Crippen LogP contribution in [0.4, 0.5) is 5.69 Å². The fourth-order valence-corrected chi connectivity index (χ4v) is 3.89. The van der Waals surface area contributed by atoms with Crippen molar-refractivity contribution in [3.63, 3.8) is 0 Å². The third-order valence-corrected chi connectivity index (χ3v) is 5.88. The summed E-state index contributed by atoms with van der Waals surface area (Å²) < 4.78 is 35.5. The van der Waals surface area contributed by atoms with Crippen LogP contribution in [-0.2, 0) is 18.7 Å². The quantitative estimate of drug-likeness (QED) is 0.217. The molecule has 0 bridgehead atoms. The normalized spacial score (nSPS) is 11.2. The topological polar surface area (TPSA) is 130 Å². The van der Waals surface area contributed by atoms with Gasteiger partial charge in [0.15, 0.2) is 0 Å². The lowest BCUT2D eigenvalue weighted by atomic mass is 10.1. The first kappa shape index (κ1) is 24.3. The average Bonchev–Trinajstić information content (AvgIpc) is 2.61. The number of amides is 1. The maximum absolute atomic E-state index is 12.1. The van der Waals surface area contributed by atoms with E-state index in [1.54, 1.807) is 24.3 Å². The van der Waals surface area contributed by atoms with Gasteiger partial charge in [0.05, 0.1) is 12.3 Å². The number of hydrogen-bond donors (Lipinski definition) is 3. The molecule has 3 N–H and O–H groups in total. The van der Waals surface area contributed by atoms with Gasteiger partial charge in [-0.15, -0.1) is 0 Å². The van der Waals surface area contributed by atoms with Crippen LogP contribution in [0, 0.1) is 0 Å². The minimum absolute atomic E-state index is 0.126. The second-order valence-corrected chi connectivity index (χ2v) is 9.63. The van der Waals surface area contributed by atoms with Crippen LogP contribution < -0.4 is 10.1 Å². The lowest BCUT2D eigenvalue weighted by Gasteiger charge is -2.12. The molecular weight excluding hydrogens is 406 g/mol. The fourth-order valence-electron chi connectivity index (χ4n) is 2.37. The highest BCUT2D eigenvalue weighted by molar-refractivity contribution is 8.69. The molecule has 10 heteroatoms. The van der Waals surface area contributed by atoms with Crippen molar-refractivity contribution in [1.29, 1.82) is 0 Å². The molecular formula is C18H27NO7S2. The summed E-state index contributed by atoms with van der Waals surface area (Å²) in [5.74, 6) is -0.0994. The van der Waals surface area contributed by atoms with E-state index < -0.39 is 15.1 Å². The van der Waals surface area contributed by atoms with Gasteiger partial charge in [-0.3, -0.25) is 14.1 Å². The molecule has 0 heterocycles. The summed E-state index contributed by atoms with van der Waals surface area (Å²) in [5.41, 5.74) is 0.575. The van der Waals surface area contributed by atoms with Crippen molar-refractivity contribution < 1.29 is 32.4 Å². The maximum atomic E-state index is 12.1. The summed E-state index contributed by atoms with van der Waals surface area (Å²) in [6.07, 6.45) is 4.60. The van der Waals surface area contributed by atoms with E-state index in [1.807, 2.05) is 0 Å². The van der Waals surface area contributed by atoms with Crippen LogP contribution in [0.1, 0.15) is 51.4 Å². The van der Waals surface area contributed by atoms with E-state index in [4.69, 9.17) is 14.4 Å². The number of carboxylic acid groups (broad SMARTS) is 1. The number of nitrogens with one attached hydrogen (secondary N) is 1. The first-order chi connectivity index (χ1) is 13.3. The number of carbonyl (C=O) groups is 2. The van der Waals surface area contributed by atoms with Crippen molar-refractivity contribution in [1.82, 2.24) is 0 Å². The van der Waals surface area contributed by atoms with Gasteiger partial charge in [-0.05, 0) is 48.6 Å². The molecule has 8 nitrogen and oxygen atoms in total. The molecule has 0 aliphatic rings. The summed E-state index contributed by atoms with van der Waals surface area (Å²) in [6.45, 7) is 0.364. The van der Waals surface area contributed by atoms with Gasteiger partial charge in [-0.25, -0.2) is 0 Å². The molecule has 158 valence electrons. The first-order valence-corrected chi connectivity index (χ1v) is 12.1. The van der Waals surface area contributed by atoms with Gasteiger partial charge in [0.25, 0.3) is 0 Å². The molecule has 0 unspecified atom stereocenters. The molecule has 0 fully saturated rings. The number of anilines is 1. The predicted octanol–water partition coefficient (Wildman–Crippen LogP) is 3.75. The van der Waals surface area contributed by atoms with E-state index in [0.717, 1.165) is 12.8 Å². The molecule has 0 radical (unpaired) electrons. The second-order valence-electron chi connectivity index (χ2n) is 6.16. The van der Waals surface area contributed by atoms with E-state index in [1.165, 1.54) is 0 Å². The van der Waals surface area contributed by atoms with Crippen molar-refractivity contribution in [3.05, 3.63) is 24.3 Å². The molecule has 0 spiro atoms. The van der Waals surface area contributed by atoms with Crippen molar-refractivity contribution in [2.24, 2.45) is 0 Å². The molecule has 0 saturated heterocycles. The number of para-hydroxylation sites is 2. The van der Waals surface area contributed by atoms with Gasteiger partial charge < -0.3 is 15.2 Å². The standard InChI is InChI=1S/C18H27NO7S2/c20-17(11-3-1-2-4-12-18(21)22)19-15-9-5-6-10-16(15)26-13-7-8-14-27-28(23,24)25/h5-6,9-10H,1-4,7-8,11-14H2,(H,19,20)(H,21,22)(H,23,24,25). The molecule has 0 aliphatic carbocycles. The number of rotatable bonds is 15. The number of benzene rings is 1. The summed E-state index contributed by atoms with van der Waals surface area (Å²) in [7, 11) is -3.51. The van der Waals surface area contributed by atoms with Gasteiger partial charge in [0.2, 0.25) is 5.91 Å². The first-order valence-electron chi connectivity index (χ1n) is 9.13. The third-order valence-electron chi connectivity index (χ3n) is 3.73. The maximum Gasteiger partial charge on any atom is 0.319 e. The van der Waals surface area contributed by atoms with Crippen molar-refractivity contribution in [3.8, 4) is 5.75 Å². The lowest BCUT2D eigenvalue weighted by molar-refractivity contribution is -0.137. The Morgan fingerprint density at radius 1 is 1.00 bits per heavy atom. The molecule has 0 aliphatic heterocycles. The summed E-state index contributed by atoms with van der Waals surface area (Å²) in [5, 5.41) is 11.4. The molecule has 0 saturated carbocycles. The highest BCUT2D eigenvalue weighted by atomic mass is 33.1. The van der Waals surface area contributed by atoms with Crippen LogP contribution in [0.15, 0.2) is 24.3 Å². The number of ether oxygens (including phenoxy) is 1. The van der Waals surface area contributed by atoms with E-state index in [0.29, 0.717) is 60.9 Å². The van der Waals surface area contributed by atoms with E-state index >= 15 is 0 Å². The summed E-state index contributed by atoms with van der Waals surface area (Å²) >= 11 is 0. The Hall–Kier alpha value is -1.78. The fraction of sp³-hybridized carbons (Fsp3) is 0.556. The Balaban J connectivity index is 2.28. The van der Waals surface area contributed by atoms with Gasteiger partial charge in [-0.2, -0.15) is 8.42 Å². The molecule has 0 atom stereocenters. The zero-order valence-electron chi connectivity index (χ0n) is 15.6. The highest BCUT2D eigenvalue weighted by Crippen LogP contribution is 2.24. The Bertz CT molecular complexity index is 722. The van der Waals surface area contributed by atoms with Crippen molar-refractivity contribution >= 4 is 37.5 Å². The van der Waals surface area contributed by atoms with E-state index in [-0.39, 0.29) is 18.1 Å². The smallest absolute Gasteiger partial charge is 0.319 e. The summed E-state index contributed by atoms with van der Waals surface area (Å²) in [6, 6.07) is 7.07. The van der Waals surface area contributed by atoms with Crippen LogP contribution in [-0.4, -0.2) is 42.3 Å². The van der Waals surface area contributed by atoms with Crippen molar-refractivity contribution in [2.75, 3.05) is 17.7 Å².